The molecule has 0 amide bonds. The van der Waals surface area contributed by atoms with Crippen LogP contribution in [0.3, 0.4) is 0 Å². The van der Waals surface area contributed by atoms with E-state index in [4.69, 9.17) is 0 Å². The Hall–Kier alpha value is -1.95. The zero-order valence-corrected chi connectivity index (χ0v) is 10.3. The highest BCUT2D eigenvalue weighted by Gasteiger charge is 2.12. The maximum Gasteiger partial charge on any atom is 0.255 e. The molecule has 0 saturated heterocycles. The van der Waals surface area contributed by atoms with Gasteiger partial charge < -0.3 is 0 Å². The van der Waals surface area contributed by atoms with Gasteiger partial charge in [-0.25, -0.2) is 12.8 Å². The monoisotopic (exact) mass is 267 g/mol. The highest BCUT2D eigenvalue weighted by molar-refractivity contribution is 7.90. The summed E-state index contributed by atoms with van der Waals surface area (Å²) < 4.78 is 37.5. The summed E-state index contributed by atoms with van der Waals surface area (Å²) in [6, 6.07) is 7.88. The largest absolute Gasteiger partial charge is 0.281 e. The van der Waals surface area contributed by atoms with Gasteiger partial charge in [0.25, 0.3) is 5.56 Å². The van der Waals surface area contributed by atoms with Crippen LogP contribution in [-0.4, -0.2) is 19.2 Å². The van der Waals surface area contributed by atoms with Crippen molar-refractivity contribution in [3.05, 3.63) is 58.8 Å². The normalized spacial score (nSPS) is 11.4. The second-order valence-electron chi connectivity index (χ2n) is 3.79. The topological polar surface area (TPSA) is 56.1 Å². The van der Waals surface area contributed by atoms with Crippen molar-refractivity contribution in [3.8, 4) is 5.69 Å². The van der Waals surface area contributed by atoms with E-state index < -0.39 is 15.7 Å². The van der Waals surface area contributed by atoms with Crippen LogP contribution in [0.1, 0.15) is 0 Å². The first-order valence-electron chi connectivity index (χ1n) is 5.07. The van der Waals surface area contributed by atoms with Gasteiger partial charge in [-0.3, -0.25) is 9.36 Å². The van der Waals surface area contributed by atoms with Crippen molar-refractivity contribution in [2.75, 3.05) is 6.26 Å². The number of nitrogens with zero attached hydrogens (tertiary/aromatic N) is 1. The van der Waals surface area contributed by atoms with Crippen molar-refractivity contribution in [1.82, 2.24) is 4.57 Å². The summed E-state index contributed by atoms with van der Waals surface area (Å²) in [7, 11) is -3.46. The number of hydrogen-bond acceptors (Lipinski definition) is 3. The first-order chi connectivity index (χ1) is 8.39. The van der Waals surface area contributed by atoms with E-state index in [2.05, 4.69) is 0 Å². The van der Waals surface area contributed by atoms with E-state index in [1.807, 2.05) is 0 Å². The molecule has 1 aromatic heterocycles. The minimum Gasteiger partial charge on any atom is -0.281 e. The predicted molar refractivity (Wildman–Crippen MR) is 65.1 cm³/mol. The molecule has 2 rings (SSSR count). The zero-order valence-electron chi connectivity index (χ0n) is 9.50. The summed E-state index contributed by atoms with van der Waals surface area (Å²) in [5, 5.41) is 0. The first-order valence-corrected chi connectivity index (χ1v) is 6.96. The maximum absolute atomic E-state index is 13.8. The molecule has 0 radical (unpaired) electrons. The Morgan fingerprint density at radius 1 is 1.17 bits per heavy atom. The van der Waals surface area contributed by atoms with Crippen molar-refractivity contribution < 1.29 is 12.8 Å². The lowest BCUT2D eigenvalue weighted by atomic mass is 10.3. The molecule has 0 aliphatic carbocycles. The van der Waals surface area contributed by atoms with E-state index in [0.717, 1.165) is 16.9 Å². The molecule has 1 heterocycles. The molecule has 0 aliphatic rings. The summed E-state index contributed by atoms with van der Waals surface area (Å²) in [5.74, 6) is -0.758. The fraction of sp³-hybridized carbons (Fsp3) is 0.0833. The number of aromatic nitrogens is 1. The van der Waals surface area contributed by atoms with Crippen LogP contribution in [0.5, 0.6) is 0 Å². The van der Waals surface area contributed by atoms with Crippen molar-refractivity contribution in [2.24, 2.45) is 0 Å². The van der Waals surface area contributed by atoms with Crippen molar-refractivity contribution in [1.29, 1.82) is 0 Å². The third-order valence-corrected chi connectivity index (χ3v) is 3.54. The first kappa shape index (κ1) is 12.5. The Labute approximate surface area is 103 Å². The Balaban J connectivity index is 2.63. The van der Waals surface area contributed by atoms with E-state index in [1.54, 1.807) is 12.1 Å². The SMILES string of the molecule is CS(=O)(=O)c1ccc(-n2ccccc2=O)c(F)c1. The standard InChI is InChI=1S/C12H10FNO3S/c1-18(16,17)9-5-6-11(10(13)8-9)14-7-3-2-4-12(14)15/h2-8H,1H3. The molecule has 1 aromatic carbocycles. The second-order valence-corrected chi connectivity index (χ2v) is 5.81. The van der Waals surface area contributed by atoms with E-state index >= 15 is 0 Å². The second kappa shape index (κ2) is 4.38. The van der Waals surface area contributed by atoms with Gasteiger partial charge in [-0.05, 0) is 24.3 Å². The average molecular weight is 267 g/mol. The maximum atomic E-state index is 13.8. The molecule has 0 unspecified atom stereocenters. The van der Waals surface area contributed by atoms with Crippen molar-refractivity contribution in [3.63, 3.8) is 0 Å². The summed E-state index contributed by atoms with van der Waals surface area (Å²) in [6.45, 7) is 0. The van der Waals surface area contributed by atoms with Crippen LogP contribution in [-0.2, 0) is 9.84 Å². The highest BCUT2D eigenvalue weighted by Crippen LogP contribution is 2.17. The van der Waals surface area contributed by atoms with Gasteiger partial charge in [0.2, 0.25) is 0 Å². The Morgan fingerprint density at radius 3 is 2.44 bits per heavy atom. The van der Waals surface area contributed by atoms with E-state index in [0.29, 0.717) is 0 Å². The lowest BCUT2D eigenvalue weighted by Crippen LogP contribution is -2.17. The van der Waals surface area contributed by atoms with E-state index in [1.165, 1.54) is 24.4 Å². The van der Waals surface area contributed by atoms with Crippen LogP contribution in [0.4, 0.5) is 4.39 Å². The van der Waals surface area contributed by atoms with Gasteiger partial charge in [-0.1, -0.05) is 6.07 Å². The molecular formula is C12H10FNO3S. The molecule has 0 saturated carbocycles. The van der Waals surface area contributed by atoms with Crippen LogP contribution in [0.15, 0.2) is 52.3 Å². The van der Waals surface area contributed by atoms with Crippen LogP contribution < -0.4 is 5.56 Å². The fourth-order valence-corrected chi connectivity index (χ4v) is 2.17. The summed E-state index contributed by atoms with van der Waals surface area (Å²) >= 11 is 0. The highest BCUT2D eigenvalue weighted by atomic mass is 32.2. The molecule has 0 fully saturated rings. The van der Waals surface area contributed by atoms with Crippen molar-refractivity contribution >= 4 is 9.84 Å². The molecule has 2 aromatic rings. The molecule has 0 spiro atoms. The van der Waals surface area contributed by atoms with Gasteiger partial charge >= 0.3 is 0 Å². The number of sulfone groups is 1. The summed E-state index contributed by atoms with van der Waals surface area (Å²) in [4.78, 5) is 11.4. The lowest BCUT2D eigenvalue weighted by Gasteiger charge is -2.07. The van der Waals surface area contributed by atoms with Gasteiger partial charge in [0.05, 0.1) is 10.6 Å². The molecule has 0 bridgehead atoms. The number of benzene rings is 1. The minimum absolute atomic E-state index is 0.0213. The third-order valence-electron chi connectivity index (χ3n) is 2.43. The Morgan fingerprint density at radius 2 is 1.89 bits per heavy atom. The van der Waals surface area contributed by atoms with Gasteiger partial charge in [-0.15, -0.1) is 0 Å². The van der Waals surface area contributed by atoms with Crippen LogP contribution >= 0.6 is 0 Å². The average Bonchev–Trinajstić information content (AvgIpc) is 2.29. The zero-order chi connectivity index (χ0) is 13.3. The fourth-order valence-electron chi connectivity index (χ4n) is 1.54. The van der Waals surface area contributed by atoms with Crippen LogP contribution in [0.25, 0.3) is 5.69 Å². The molecule has 94 valence electrons. The van der Waals surface area contributed by atoms with Crippen LogP contribution in [0.2, 0.25) is 0 Å². The summed E-state index contributed by atoms with van der Waals surface area (Å²) in [6.07, 6.45) is 2.41. The summed E-state index contributed by atoms with van der Waals surface area (Å²) in [5.41, 5.74) is -0.364. The molecular weight excluding hydrogens is 257 g/mol. The quantitative estimate of drug-likeness (QED) is 0.826. The van der Waals surface area contributed by atoms with Crippen molar-refractivity contribution in [2.45, 2.75) is 4.90 Å². The van der Waals surface area contributed by atoms with Gasteiger partial charge in [0.1, 0.15) is 5.82 Å². The van der Waals surface area contributed by atoms with E-state index in [-0.39, 0.29) is 16.1 Å². The Kier molecular flexibility index (Phi) is 3.04. The Bertz CT molecular complexity index is 750. The predicted octanol–water partition coefficient (Wildman–Crippen LogP) is 1.38. The van der Waals surface area contributed by atoms with E-state index in [9.17, 15) is 17.6 Å². The third kappa shape index (κ3) is 2.33. The minimum atomic E-state index is -3.46. The lowest BCUT2D eigenvalue weighted by molar-refractivity contribution is 0.593. The van der Waals surface area contributed by atoms with Crippen LogP contribution in [0, 0.1) is 5.82 Å². The number of pyridine rings is 1. The molecule has 0 atom stereocenters. The molecule has 18 heavy (non-hydrogen) atoms. The van der Waals surface area contributed by atoms with Gasteiger partial charge in [0, 0.05) is 18.5 Å². The van der Waals surface area contributed by atoms with Gasteiger partial charge in [0.15, 0.2) is 9.84 Å². The van der Waals surface area contributed by atoms with Gasteiger partial charge in [-0.2, -0.15) is 0 Å². The molecule has 6 heteroatoms. The number of rotatable bonds is 2. The number of halogens is 1. The molecule has 4 nitrogen and oxygen atoms in total. The number of hydrogen-bond donors (Lipinski definition) is 0. The smallest absolute Gasteiger partial charge is 0.255 e. The molecule has 0 aliphatic heterocycles. The molecule has 0 N–H and O–H groups in total.